The number of amides is 1. The third-order valence-corrected chi connectivity index (χ3v) is 6.47. The summed E-state index contributed by atoms with van der Waals surface area (Å²) >= 11 is 0. The number of methoxy groups -OCH3 is 1. The highest BCUT2D eigenvalue weighted by Crippen LogP contribution is 2.34. The Bertz CT molecular complexity index is 1350. The van der Waals surface area contributed by atoms with Crippen LogP contribution in [-0.2, 0) is 11.3 Å². The van der Waals surface area contributed by atoms with Crippen LogP contribution in [0.4, 0.5) is 5.69 Å². The number of aliphatic hydroxyl groups is 1. The fourth-order valence-electron chi connectivity index (χ4n) is 4.76. The number of carbonyl (C=O) groups excluding carboxylic acids is 1. The van der Waals surface area contributed by atoms with E-state index in [1.807, 2.05) is 89.2 Å². The first-order valence-corrected chi connectivity index (χ1v) is 11.8. The lowest BCUT2D eigenvalue weighted by Crippen LogP contribution is -2.27. The number of hydrogen-bond donors (Lipinski definition) is 1. The maximum Gasteiger partial charge on any atom is 0.227 e. The molecule has 7 heteroatoms. The molecule has 0 unspecified atom stereocenters. The van der Waals surface area contributed by atoms with Crippen molar-refractivity contribution in [2.24, 2.45) is 0 Å². The van der Waals surface area contributed by atoms with Crippen LogP contribution in [0.1, 0.15) is 23.7 Å². The number of para-hydroxylation sites is 5. The highest BCUT2D eigenvalue weighted by Gasteiger charge is 2.35. The van der Waals surface area contributed by atoms with Crippen LogP contribution in [0, 0.1) is 6.92 Å². The molecule has 2 atom stereocenters. The average Bonchev–Trinajstić information content (AvgIpc) is 3.43. The molecule has 0 aliphatic carbocycles. The standard InChI is InChI=1S/C28H29N3O4/c1-19-9-3-5-11-23(19)30-16-20(15-27(30)33)28-29-22-10-4-6-12-24(22)31(28)17-21(32)18-35-26-14-8-7-13-25(26)34-2/h3-14,20-21,32H,15-18H2,1-2H3/t20-,21-/m0/s1. The summed E-state index contributed by atoms with van der Waals surface area (Å²) in [6.45, 7) is 2.98. The zero-order valence-corrected chi connectivity index (χ0v) is 19.9. The van der Waals surface area contributed by atoms with Crippen molar-refractivity contribution < 1.29 is 19.4 Å². The lowest BCUT2D eigenvalue weighted by molar-refractivity contribution is -0.117. The first kappa shape index (κ1) is 22.9. The maximum atomic E-state index is 13.0. The number of aliphatic hydroxyl groups excluding tert-OH is 1. The number of hydrogen-bond acceptors (Lipinski definition) is 5. The SMILES string of the molecule is COc1ccccc1OC[C@@H](O)Cn1c([C@H]2CC(=O)N(c3ccccc3C)C2)nc2ccccc21. The molecule has 2 heterocycles. The van der Waals surface area contributed by atoms with Crippen LogP contribution < -0.4 is 14.4 Å². The van der Waals surface area contributed by atoms with Gasteiger partial charge in [-0.05, 0) is 42.8 Å². The monoisotopic (exact) mass is 471 g/mol. The summed E-state index contributed by atoms with van der Waals surface area (Å²) in [5.41, 5.74) is 3.79. The van der Waals surface area contributed by atoms with Crippen molar-refractivity contribution in [3.8, 4) is 11.5 Å². The zero-order chi connectivity index (χ0) is 24.4. The molecule has 1 amide bonds. The molecule has 1 aliphatic heterocycles. The van der Waals surface area contributed by atoms with E-state index in [9.17, 15) is 9.90 Å². The Hall–Kier alpha value is -3.84. The Morgan fingerprint density at radius 3 is 2.54 bits per heavy atom. The number of fused-ring (bicyclic) bond motifs is 1. The molecule has 7 nitrogen and oxygen atoms in total. The second-order valence-corrected chi connectivity index (χ2v) is 8.88. The number of aromatic nitrogens is 2. The van der Waals surface area contributed by atoms with Gasteiger partial charge in [0, 0.05) is 24.6 Å². The lowest BCUT2D eigenvalue weighted by atomic mass is 10.1. The number of anilines is 1. The second-order valence-electron chi connectivity index (χ2n) is 8.88. The van der Waals surface area contributed by atoms with E-state index in [0.717, 1.165) is 28.1 Å². The minimum atomic E-state index is -0.777. The van der Waals surface area contributed by atoms with Crippen LogP contribution in [0.5, 0.6) is 11.5 Å². The van der Waals surface area contributed by atoms with Gasteiger partial charge in [0.25, 0.3) is 0 Å². The first-order valence-electron chi connectivity index (χ1n) is 11.8. The van der Waals surface area contributed by atoms with E-state index < -0.39 is 6.10 Å². The third kappa shape index (κ3) is 4.59. The highest BCUT2D eigenvalue weighted by atomic mass is 16.5. The van der Waals surface area contributed by atoms with Gasteiger partial charge in [-0.2, -0.15) is 0 Å². The van der Waals surface area contributed by atoms with Gasteiger partial charge in [-0.3, -0.25) is 4.79 Å². The van der Waals surface area contributed by atoms with E-state index in [4.69, 9.17) is 14.5 Å². The second kappa shape index (κ2) is 9.80. The predicted octanol–water partition coefficient (Wildman–Crippen LogP) is 4.31. The van der Waals surface area contributed by atoms with Crippen molar-refractivity contribution in [2.45, 2.75) is 31.9 Å². The molecule has 1 aliphatic rings. The van der Waals surface area contributed by atoms with Crippen molar-refractivity contribution in [3.05, 3.63) is 84.2 Å². The van der Waals surface area contributed by atoms with Crippen LogP contribution in [0.3, 0.4) is 0 Å². The fraction of sp³-hybridized carbons (Fsp3) is 0.286. The number of imidazole rings is 1. The molecular weight excluding hydrogens is 442 g/mol. The Morgan fingerprint density at radius 1 is 1.03 bits per heavy atom. The van der Waals surface area contributed by atoms with Gasteiger partial charge in [-0.25, -0.2) is 4.98 Å². The van der Waals surface area contributed by atoms with E-state index >= 15 is 0 Å². The van der Waals surface area contributed by atoms with Crippen molar-refractivity contribution in [1.82, 2.24) is 9.55 Å². The molecule has 4 aromatic rings. The van der Waals surface area contributed by atoms with Crippen LogP contribution in [0.15, 0.2) is 72.8 Å². The minimum absolute atomic E-state index is 0.0724. The lowest BCUT2D eigenvalue weighted by Gasteiger charge is -2.20. The highest BCUT2D eigenvalue weighted by molar-refractivity contribution is 5.97. The van der Waals surface area contributed by atoms with E-state index in [1.165, 1.54) is 0 Å². The Balaban J connectivity index is 1.39. The van der Waals surface area contributed by atoms with Gasteiger partial charge in [0.05, 0.1) is 24.7 Å². The molecule has 0 spiro atoms. The smallest absolute Gasteiger partial charge is 0.227 e. The first-order chi connectivity index (χ1) is 17.0. The van der Waals surface area contributed by atoms with E-state index in [-0.39, 0.29) is 18.4 Å². The van der Waals surface area contributed by atoms with E-state index in [1.54, 1.807) is 7.11 Å². The fourth-order valence-corrected chi connectivity index (χ4v) is 4.76. The van der Waals surface area contributed by atoms with Gasteiger partial charge in [0.2, 0.25) is 5.91 Å². The number of carbonyl (C=O) groups is 1. The van der Waals surface area contributed by atoms with Gasteiger partial charge in [0.1, 0.15) is 18.5 Å². The van der Waals surface area contributed by atoms with Gasteiger partial charge in [-0.15, -0.1) is 0 Å². The molecule has 1 saturated heterocycles. The summed E-state index contributed by atoms with van der Waals surface area (Å²) in [4.78, 5) is 19.7. The molecule has 35 heavy (non-hydrogen) atoms. The molecule has 0 bridgehead atoms. The molecule has 0 saturated carbocycles. The molecule has 1 N–H and O–H groups in total. The number of benzene rings is 3. The molecule has 5 rings (SSSR count). The van der Waals surface area contributed by atoms with Gasteiger partial charge < -0.3 is 24.0 Å². The minimum Gasteiger partial charge on any atom is -0.493 e. The predicted molar refractivity (Wildman–Crippen MR) is 135 cm³/mol. The number of nitrogens with zero attached hydrogens (tertiary/aromatic N) is 3. The topological polar surface area (TPSA) is 76.8 Å². The average molecular weight is 472 g/mol. The van der Waals surface area contributed by atoms with Crippen LogP contribution in [-0.4, -0.2) is 46.9 Å². The third-order valence-electron chi connectivity index (χ3n) is 6.47. The van der Waals surface area contributed by atoms with Crippen LogP contribution in [0.2, 0.25) is 0 Å². The summed E-state index contributed by atoms with van der Waals surface area (Å²) in [6, 6.07) is 23.2. The number of aryl methyl sites for hydroxylation is 1. The van der Waals surface area contributed by atoms with Gasteiger partial charge >= 0.3 is 0 Å². The van der Waals surface area contributed by atoms with Crippen molar-refractivity contribution in [1.29, 1.82) is 0 Å². The molecule has 0 radical (unpaired) electrons. The van der Waals surface area contributed by atoms with Crippen LogP contribution in [0.25, 0.3) is 11.0 Å². The van der Waals surface area contributed by atoms with Crippen molar-refractivity contribution in [2.75, 3.05) is 25.2 Å². The summed E-state index contributed by atoms with van der Waals surface area (Å²) in [7, 11) is 1.59. The summed E-state index contributed by atoms with van der Waals surface area (Å²) in [5, 5.41) is 10.9. The quantitative estimate of drug-likeness (QED) is 0.414. The van der Waals surface area contributed by atoms with Crippen molar-refractivity contribution >= 4 is 22.6 Å². The van der Waals surface area contributed by atoms with Gasteiger partial charge in [-0.1, -0.05) is 42.5 Å². The molecular formula is C28H29N3O4. The number of rotatable bonds is 8. The summed E-state index contributed by atoms with van der Waals surface area (Å²) < 4.78 is 13.2. The Morgan fingerprint density at radius 2 is 1.74 bits per heavy atom. The van der Waals surface area contributed by atoms with E-state index in [2.05, 4.69) is 0 Å². The normalized spacial score (nSPS) is 16.6. The van der Waals surface area contributed by atoms with E-state index in [0.29, 0.717) is 31.0 Å². The largest absolute Gasteiger partial charge is 0.493 e. The summed E-state index contributed by atoms with van der Waals surface area (Å²) in [5.74, 6) is 2.03. The van der Waals surface area contributed by atoms with Crippen LogP contribution >= 0.6 is 0 Å². The molecule has 3 aromatic carbocycles. The van der Waals surface area contributed by atoms with Crippen molar-refractivity contribution in [3.63, 3.8) is 0 Å². The summed E-state index contributed by atoms with van der Waals surface area (Å²) in [6.07, 6.45) is -0.397. The maximum absolute atomic E-state index is 13.0. The molecule has 180 valence electrons. The number of ether oxygens (including phenoxy) is 2. The zero-order valence-electron chi connectivity index (χ0n) is 19.9. The molecule has 1 aromatic heterocycles. The Labute approximate surface area is 204 Å². The van der Waals surface area contributed by atoms with Gasteiger partial charge in [0.15, 0.2) is 11.5 Å². The Kier molecular flexibility index (Phi) is 6.42. The molecule has 1 fully saturated rings.